The summed E-state index contributed by atoms with van der Waals surface area (Å²) in [5.74, 6) is 1.06. The van der Waals surface area contributed by atoms with Crippen molar-refractivity contribution in [1.82, 2.24) is 24.4 Å². The minimum Gasteiger partial charge on any atom is -0.376 e. The van der Waals surface area contributed by atoms with Crippen LogP contribution in [0.4, 0.5) is 0 Å². The van der Waals surface area contributed by atoms with Crippen molar-refractivity contribution in [3.63, 3.8) is 0 Å². The molecule has 3 atom stereocenters. The number of nitrogens with zero attached hydrogens (tertiary/aromatic N) is 5. The van der Waals surface area contributed by atoms with E-state index in [1.165, 1.54) is 0 Å². The normalized spacial score (nSPS) is 28.5. The lowest BCUT2D eigenvalue weighted by Gasteiger charge is -2.33. The van der Waals surface area contributed by atoms with E-state index in [0.29, 0.717) is 19.6 Å². The SMILES string of the molecule is O=C(CN1CCC[C@@H]1c1nnc2ccccn12)N(C[C@@H]1CCCO1)[C@@H]1CCS(=O)(=O)C1. The Balaban J connectivity index is 1.34. The number of carbonyl (C=O) groups is 1. The zero-order valence-electron chi connectivity index (χ0n) is 17.6. The second-order valence-corrected chi connectivity index (χ2v) is 11.1. The highest BCUT2D eigenvalue weighted by molar-refractivity contribution is 7.91. The van der Waals surface area contributed by atoms with E-state index in [4.69, 9.17) is 4.74 Å². The molecule has 5 heterocycles. The van der Waals surface area contributed by atoms with Crippen LogP contribution in [0.15, 0.2) is 24.4 Å². The quantitative estimate of drug-likeness (QED) is 0.653. The van der Waals surface area contributed by atoms with Crippen LogP contribution < -0.4 is 0 Å². The van der Waals surface area contributed by atoms with Gasteiger partial charge in [-0.05, 0) is 50.8 Å². The van der Waals surface area contributed by atoms with Crippen LogP contribution >= 0.6 is 0 Å². The molecule has 3 aliphatic heterocycles. The Morgan fingerprint density at radius 1 is 1.19 bits per heavy atom. The van der Waals surface area contributed by atoms with Crippen molar-refractivity contribution in [3.8, 4) is 0 Å². The lowest BCUT2D eigenvalue weighted by Crippen LogP contribution is -2.49. The van der Waals surface area contributed by atoms with Crippen LogP contribution in [0.1, 0.15) is 44.0 Å². The minimum atomic E-state index is -3.08. The molecule has 31 heavy (non-hydrogen) atoms. The molecular formula is C21H29N5O4S. The second kappa shape index (κ2) is 8.48. The van der Waals surface area contributed by atoms with Gasteiger partial charge in [-0.2, -0.15) is 0 Å². The lowest BCUT2D eigenvalue weighted by molar-refractivity contribution is -0.136. The largest absolute Gasteiger partial charge is 0.376 e. The molecular weight excluding hydrogens is 418 g/mol. The molecule has 2 aromatic rings. The van der Waals surface area contributed by atoms with E-state index in [9.17, 15) is 13.2 Å². The van der Waals surface area contributed by atoms with Crippen molar-refractivity contribution in [2.75, 3.05) is 37.7 Å². The molecule has 168 valence electrons. The molecule has 0 radical (unpaired) electrons. The third-order valence-corrected chi connectivity index (χ3v) is 8.48. The molecule has 2 aromatic heterocycles. The number of ether oxygens (including phenoxy) is 1. The van der Waals surface area contributed by atoms with Gasteiger partial charge in [0.15, 0.2) is 21.3 Å². The van der Waals surface area contributed by atoms with E-state index < -0.39 is 9.84 Å². The maximum absolute atomic E-state index is 13.5. The van der Waals surface area contributed by atoms with E-state index in [-0.39, 0.29) is 42.1 Å². The predicted molar refractivity (Wildman–Crippen MR) is 114 cm³/mol. The number of hydrogen-bond donors (Lipinski definition) is 0. The van der Waals surface area contributed by atoms with Gasteiger partial charge in [-0.15, -0.1) is 10.2 Å². The first-order valence-corrected chi connectivity index (χ1v) is 13.0. The summed E-state index contributed by atoms with van der Waals surface area (Å²) in [6, 6.07) is 5.58. The molecule has 0 unspecified atom stereocenters. The van der Waals surface area contributed by atoms with Crippen LogP contribution in [0.2, 0.25) is 0 Å². The van der Waals surface area contributed by atoms with Crippen LogP contribution in [0, 0.1) is 0 Å². The summed E-state index contributed by atoms with van der Waals surface area (Å²) in [7, 11) is -3.08. The van der Waals surface area contributed by atoms with Crippen molar-refractivity contribution in [2.45, 2.75) is 50.3 Å². The molecule has 3 saturated heterocycles. The first-order chi connectivity index (χ1) is 15.0. The average molecular weight is 448 g/mol. The molecule has 9 nitrogen and oxygen atoms in total. The van der Waals surface area contributed by atoms with Gasteiger partial charge >= 0.3 is 0 Å². The van der Waals surface area contributed by atoms with Gasteiger partial charge in [0.1, 0.15) is 0 Å². The maximum atomic E-state index is 13.5. The Labute approximate surface area is 182 Å². The molecule has 0 aliphatic carbocycles. The summed E-state index contributed by atoms with van der Waals surface area (Å²) in [4.78, 5) is 17.4. The Hall–Kier alpha value is -2.04. The van der Waals surface area contributed by atoms with Gasteiger partial charge in [0.05, 0.1) is 30.2 Å². The van der Waals surface area contributed by atoms with E-state index in [0.717, 1.165) is 43.7 Å². The van der Waals surface area contributed by atoms with Gasteiger partial charge < -0.3 is 9.64 Å². The summed E-state index contributed by atoms with van der Waals surface area (Å²) in [5, 5.41) is 8.67. The van der Waals surface area contributed by atoms with E-state index in [1.54, 1.807) is 4.90 Å². The first kappa shape index (κ1) is 20.8. The van der Waals surface area contributed by atoms with E-state index >= 15 is 0 Å². The highest BCUT2D eigenvalue weighted by Crippen LogP contribution is 2.31. The maximum Gasteiger partial charge on any atom is 0.237 e. The van der Waals surface area contributed by atoms with Gasteiger partial charge in [0.2, 0.25) is 5.91 Å². The topological polar surface area (TPSA) is 97.1 Å². The number of hydrogen-bond acceptors (Lipinski definition) is 7. The number of sulfone groups is 1. The van der Waals surface area contributed by atoms with Gasteiger partial charge in [0, 0.05) is 25.4 Å². The van der Waals surface area contributed by atoms with Gasteiger partial charge in [-0.25, -0.2) is 8.42 Å². The van der Waals surface area contributed by atoms with Crippen LogP contribution in [0.25, 0.3) is 5.65 Å². The first-order valence-electron chi connectivity index (χ1n) is 11.2. The summed E-state index contributed by atoms with van der Waals surface area (Å²) in [5.41, 5.74) is 0.798. The number of aromatic nitrogens is 3. The molecule has 0 bridgehead atoms. The number of rotatable bonds is 6. The molecule has 1 amide bonds. The van der Waals surface area contributed by atoms with Gasteiger partial charge in [-0.3, -0.25) is 14.1 Å². The average Bonchev–Trinajstić information content (AvgIpc) is 3.53. The number of fused-ring (bicyclic) bond motifs is 1. The molecule has 3 fully saturated rings. The van der Waals surface area contributed by atoms with Crippen molar-refractivity contribution in [1.29, 1.82) is 0 Å². The highest BCUT2D eigenvalue weighted by atomic mass is 32.2. The number of pyridine rings is 1. The molecule has 0 saturated carbocycles. The molecule has 5 rings (SSSR count). The van der Waals surface area contributed by atoms with Crippen LogP contribution in [-0.2, 0) is 19.4 Å². The van der Waals surface area contributed by atoms with Crippen LogP contribution in [0.5, 0.6) is 0 Å². The van der Waals surface area contributed by atoms with Crippen molar-refractivity contribution in [3.05, 3.63) is 30.2 Å². The Morgan fingerprint density at radius 2 is 2.10 bits per heavy atom. The van der Waals surface area contributed by atoms with E-state index in [1.807, 2.05) is 28.8 Å². The smallest absolute Gasteiger partial charge is 0.237 e. The third-order valence-electron chi connectivity index (χ3n) is 6.73. The molecule has 0 N–H and O–H groups in total. The second-order valence-electron chi connectivity index (χ2n) is 8.85. The zero-order valence-corrected chi connectivity index (χ0v) is 18.4. The fraction of sp³-hybridized carbons (Fsp3) is 0.667. The summed E-state index contributed by atoms with van der Waals surface area (Å²) >= 11 is 0. The fourth-order valence-corrected chi connectivity index (χ4v) is 6.87. The predicted octanol–water partition coefficient (Wildman–Crippen LogP) is 1.06. The summed E-state index contributed by atoms with van der Waals surface area (Å²) < 4.78 is 31.9. The molecule has 10 heteroatoms. The highest BCUT2D eigenvalue weighted by Gasteiger charge is 2.38. The monoisotopic (exact) mass is 447 g/mol. The lowest BCUT2D eigenvalue weighted by atomic mass is 10.1. The minimum absolute atomic E-state index is 0.00192. The Kier molecular flexibility index (Phi) is 5.70. The van der Waals surface area contributed by atoms with E-state index in [2.05, 4.69) is 15.1 Å². The van der Waals surface area contributed by atoms with Gasteiger partial charge in [-0.1, -0.05) is 6.07 Å². The number of carbonyl (C=O) groups excluding carboxylic acids is 1. The van der Waals surface area contributed by atoms with Crippen molar-refractivity contribution in [2.24, 2.45) is 0 Å². The molecule has 3 aliphatic rings. The fourth-order valence-electron chi connectivity index (χ4n) is 5.14. The van der Waals surface area contributed by atoms with Crippen LogP contribution in [-0.4, -0.2) is 88.6 Å². The zero-order chi connectivity index (χ0) is 21.4. The molecule has 0 aromatic carbocycles. The molecule has 0 spiro atoms. The van der Waals surface area contributed by atoms with Gasteiger partial charge in [0.25, 0.3) is 0 Å². The Morgan fingerprint density at radius 3 is 2.87 bits per heavy atom. The summed E-state index contributed by atoms with van der Waals surface area (Å²) in [6.07, 6.45) is 6.29. The van der Waals surface area contributed by atoms with Crippen molar-refractivity contribution < 1.29 is 17.9 Å². The third kappa shape index (κ3) is 4.33. The number of likely N-dealkylation sites (tertiary alicyclic amines) is 1. The summed E-state index contributed by atoms with van der Waals surface area (Å²) in [6.45, 7) is 2.26. The van der Waals surface area contributed by atoms with Crippen molar-refractivity contribution >= 4 is 21.4 Å². The Bertz CT molecular complexity index is 1050. The number of amides is 1. The van der Waals surface area contributed by atoms with Crippen LogP contribution in [0.3, 0.4) is 0 Å². The standard InChI is InChI=1S/C21H29N5O4S/c27-20(26(13-17-5-4-11-30-17)16-8-12-31(28,29)15-16)14-24-9-3-6-18(24)21-23-22-19-7-1-2-10-25(19)21/h1-2,7,10,16-18H,3-6,8-9,11-15H2/t16-,17+,18-/m1/s1.